The lowest BCUT2D eigenvalue weighted by Gasteiger charge is -2.27. The third-order valence-corrected chi connectivity index (χ3v) is 3.15. The van der Waals surface area contributed by atoms with Crippen LogP contribution in [0.3, 0.4) is 0 Å². The van der Waals surface area contributed by atoms with Crippen LogP contribution in [0.2, 0.25) is 0 Å². The molecule has 0 bridgehead atoms. The molecule has 2 rings (SSSR count). The fourth-order valence-electron chi connectivity index (χ4n) is 2.32. The zero-order valence-corrected chi connectivity index (χ0v) is 8.78. The molecule has 0 aromatic carbocycles. The van der Waals surface area contributed by atoms with Gasteiger partial charge in [0, 0.05) is 12.5 Å². The molecular weight excluding hydrogens is 178 g/mol. The van der Waals surface area contributed by atoms with Crippen LogP contribution in [0.5, 0.6) is 0 Å². The minimum Gasteiger partial charge on any atom is -0.350 e. The first-order valence-electron chi connectivity index (χ1n) is 5.66. The first-order valence-corrected chi connectivity index (χ1v) is 5.66. The van der Waals surface area contributed by atoms with Gasteiger partial charge in [0.15, 0.2) is 6.29 Å². The monoisotopic (exact) mass is 198 g/mol. The van der Waals surface area contributed by atoms with Crippen LogP contribution in [0, 0.1) is 6.92 Å². The molecule has 3 nitrogen and oxygen atoms in total. The van der Waals surface area contributed by atoms with Crippen LogP contribution in [0.15, 0.2) is 0 Å². The molecule has 2 heterocycles. The van der Waals surface area contributed by atoms with Gasteiger partial charge in [-0.3, -0.25) is 0 Å². The minimum absolute atomic E-state index is 0.0300. The highest BCUT2D eigenvalue weighted by molar-refractivity contribution is 4.78. The van der Waals surface area contributed by atoms with Crippen molar-refractivity contribution in [3.8, 4) is 0 Å². The summed E-state index contributed by atoms with van der Waals surface area (Å²) in [5.74, 6) is 0. The van der Waals surface area contributed by atoms with Gasteiger partial charge in [-0.05, 0) is 32.4 Å². The molecule has 1 radical (unpaired) electrons. The SMILES string of the molecule is [CH2]CC(CC1OCCO1)N1CCCC1. The Morgan fingerprint density at radius 2 is 1.86 bits per heavy atom. The van der Waals surface area contributed by atoms with Crippen LogP contribution in [0.25, 0.3) is 0 Å². The van der Waals surface area contributed by atoms with Crippen LogP contribution < -0.4 is 0 Å². The molecule has 2 fully saturated rings. The Labute approximate surface area is 86.4 Å². The fraction of sp³-hybridized carbons (Fsp3) is 0.909. The van der Waals surface area contributed by atoms with Crippen molar-refractivity contribution >= 4 is 0 Å². The Kier molecular flexibility index (Phi) is 3.79. The summed E-state index contributed by atoms with van der Waals surface area (Å²) in [5.41, 5.74) is 0. The summed E-state index contributed by atoms with van der Waals surface area (Å²) in [6, 6.07) is 0.556. The highest BCUT2D eigenvalue weighted by Crippen LogP contribution is 2.20. The lowest BCUT2D eigenvalue weighted by molar-refractivity contribution is -0.0610. The Bertz CT molecular complexity index is 163. The van der Waals surface area contributed by atoms with E-state index < -0.39 is 0 Å². The van der Waals surface area contributed by atoms with Crippen LogP contribution in [-0.2, 0) is 9.47 Å². The third-order valence-electron chi connectivity index (χ3n) is 3.15. The molecule has 81 valence electrons. The summed E-state index contributed by atoms with van der Waals surface area (Å²) in [7, 11) is 0. The van der Waals surface area contributed by atoms with E-state index in [4.69, 9.17) is 9.47 Å². The molecular formula is C11H20NO2. The van der Waals surface area contributed by atoms with Gasteiger partial charge in [0.05, 0.1) is 13.2 Å². The van der Waals surface area contributed by atoms with Gasteiger partial charge in [0.2, 0.25) is 0 Å². The normalized spacial score (nSPS) is 27.2. The van der Waals surface area contributed by atoms with Crippen molar-refractivity contribution in [1.29, 1.82) is 0 Å². The largest absolute Gasteiger partial charge is 0.350 e. The maximum atomic E-state index is 5.47. The predicted molar refractivity (Wildman–Crippen MR) is 54.9 cm³/mol. The zero-order valence-electron chi connectivity index (χ0n) is 8.78. The summed E-state index contributed by atoms with van der Waals surface area (Å²) in [4.78, 5) is 2.53. The van der Waals surface area contributed by atoms with Crippen molar-refractivity contribution in [2.24, 2.45) is 0 Å². The van der Waals surface area contributed by atoms with E-state index in [9.17, 15) is 0 Å². The third kappa shape index (κ3) is 2.47. The molecule has 1 atom stereocenters. The second kappa shape index (κ2) is 5.10. The molecule has 0 amide bonds. The van der Waals surface area contributed by atoms with Crippen LogP contribution >= 0.6 is 0 Å². The topological polar surface area (TPSA) is 21.7 Å². The second-order valence-electron chi connectivity index (χ2n) is 4.09. The molecule has 2 saturated heterocycles. The van der Waals surface area contributed by atoms with Crippen molar-refractivity contribution in [2.75, 3.05) is 26.3 Å². The number of hydrogen-bond donors (Lipinski definition) is 0. The number of ether oxygens (including phenoxy) is 2. The van der Waals surface area contributed by atoms with Gasteiger partial charge < -0.3 is 14.4 Å². The molecule has 14 heavy (non-hydrogen) atoms. The van der Waals surface area contributed by atoms with E-state index in [2.05, 4.69) is 11.8 Å². The van der Waals surface area contributed by atoms with E-state index in [-0.39, 0.29) is 6.29 Å². The van der Waals surface area contributed by atoms with Crippen molar-refractivity contribution < 1.29 is 9.47 Å². The Balaban J connectivity index is 1.79. The number of nitrogens with zero attached hydrogens (tertiary/aromatic N) is 1. The molecule has 0 aliphatic carbocycles. The molecule has 2 aliphatic heterocycles. The van der Waals surface area contributed by atoms with Crippen molar-refractivity contribution in [2.45, 2.75) is 38.0 Å². The minimum atomic E-state index is 0.0300. The van der Waals surface area contributed by atoms with E-state index in [1.54, 1.807) is 0 Å². The van der Waals surface area contributed by atoms with Crippen molar-refractivity contribution in [3.05, 3.63) is 6.92 Å². The van der Waals surface area contributed by atoms with Crippen molar-refractivity contribution in [3.63, 3.8) is 0 Å². The van der Waals surface area contributed by atoms with Gasteiger partial charge in [-0.25, -0.2) is 0 Å². The summed E-state index contributed by atoms with van der Waals surface area (Å²) >= 11 is 0. The van der Waals surface area contributed by atoms with Crippen LogP contribution in [-0.4, -0.2) is 43.5 Å². The maximum Gasteiger partial charge on any atom is 0.159 e. The molecule has 0 aromatic heterocycles. The van der Waals surface area contributed by atoms with E-state index in [0.29, 0.717) is 6.04 Å². The van der Waals surface area contributed by atoms with Gasteiger partial charge in [0.25, 0.3) is 0 Å². The molecule has 0 N–H and O–H groups in total. The van der Waals surface area contributed by atoms with E-state index >= 15 is 0 Å². The number of rotatable bonds is 4. The fourth-order valence-corrected chi connectivity index (χ4v) is 2.32. The number of likely N-dealkylation sites (tertiary alicyclic amines) is 1. The van der Waals surface area contributed by atoms with Gasteiger partial charge in [-0.2, -0.15) is 0 Å². The average Bonchev–Trinajstić information content (AvgIpc) is 2.86. The van der Waals surface area contributed by atoms with E-state index in [0.717, 1.165) is 26.1 Å². The van der Waals surface area contributed by atoms with Gasteiger partial charge in [-0.15, -0.1) is 0 Å². The van der Waals surface area contributed by atoms with Gasteiger partial charge in [-0.1, -0.05) is 6.92 Å². The molecule has 3 heteroatoms. The molecule has 2 aliphatic rings. The van der Waals surface area contributed by atoms with E-state index in [1.165, 1.54) is 25.9 Å². The first kappa shape index (κ1) is 10.4. The molecule has 0 spiro atoms. The highest BCUT2D eigenvalue weighted by atomic mass is 16.7. The average molecular weight is 198 g/mol. The smallest absolute Gasteiger partial charge is 0.159 e. The lowest BCUT2D eigenvalue weighted by Crippen LogP contribution is -2.35. The Hall–Kier alpha value is -0.120. The van der Waals surface area contributed by atoms with Crippen molar-refractivity contribution in [1.82, 2.24) is 4.90 Å². The standard InChI is InChI=1S/C11H20NO2/c1-2-10(12-5-3-4-6-12)9-11-13-7-8-14-11/h10-11H,1-9H2. The summed E-state index contributed by atoms with van der Waals surface area (Å²) < 4.78 is 10.9. The molecule has 0 aromatic rings. The summed E-state index contributed by atoms with van der Waals surface area (Å²) in [6.45, 7) is 7.99. The van der Waals surface area contributed by atoms with Crippen LogP contribution in [0.4, 0.5) is 0 Å². The zero-order chi connectivity index (χ0) is 9.80. The summed E-state index contributed by atoms with van der Waals surface area (Å²) in [6.07, 6.45) is 4.65. The van der Waals surface area contributed by atoms with Gasteiger partial charge >= 0.3 is 0 Å². The Morgan fingerprint density at radius 3 is 2.43 bits per heavy atom. The van der Waals surface area contributed by atoms with E-state index in [1.807, 2.05) is 0 Å². The maximum absolute atomic E-state index is 5.47. The Morgan fingerprint density at radius 1 is 1.21 bits per heavy atom. The molecule has 1 unspecified atom stereocenters. The second-order valence-corrected chi connectivity index (χ2v) is 4.09. The van der Waals surface area contributed by atoms with Gasteiger partial charge in [0.1, 0.15) is 0 Å². The predicted octanol–water partition coefficient (Wildman–Crippen LogP) is 1.44. The summed E-state index contributed by atoms with van der Waals surface area (Å²) in [5, 5.41) is 0. The lowest BCUT2D eigenvalue weighted by atomic mass is 10.1. The first-order chi connectivity index (χ1) is 6.90. The number of hydrogen-bond acceptors (Lipinski definition) is 3. The molecule has 0 saturated carbocycles. The highest BCUT2D eigenvalue weighted by Gasteiger charge is 2.26. The van der Waals surface area contributed by atoms with Crippen LogP contribution in [0.1, 0.15) is 25.7 Å². The quantitative estimate of drug-likeness (QED) is 0.682.